The van der Waals surface area contributed by atoms with E-state index in [1.165, 1.54) is 0 Å². The standard InChI is InChI=1S/C20H18N4O2S/c1-14(2)27(25,26)18-10-6-15(7-11-18)19-13-22-12-17(23-19)9-8-16-4-3-5-20(21)24-16/h3-7,10-14H,1-2H3,(H2,21,24). The normalized spacial score (nSPS) is 11.1. The van der Waals surface area contributed by atoms with Gasteiger partial charge in [-0.3, -0.25) is 4.98 Å². The van der Waals surface area contributed by atoms with Crippen LogP contribution in [0, 0.1) is 11.8 Å². The van der Waals surface area contributed by atoms with Crippen molar-refractivity contribution in [3.8, 4) is 23.1 Å². The summed E-state index contributed by atoms with van der Waals surface area (Å²) in [6.45, 7) is 3.32. The number of rotatable bonds is 3. The number of anilines is 1. The van der Waals surface area contributed by atoms with Crippen molar-refractivity contribution in [1.82, 2.24) is 15.0 Å². The predicted molar refractivity (Wildman–Crippen MR) is 104 cm³/mol. The molecule has 2 heterocycles. The molecular formula is C20H18N4O2S. The monoisotopic (exact) mass is 378 g/mol. The van der Waals surface area contributed by atoms with E-state index in [0.29, 0.717) is 22.9 Å². The number of pyridine rings is 1. The van der Waals surface area contributed by atoms with Crippen molar-refractivity contribution in [2.45, 2.75) is 24.0 Å². The van der Waals surface area contributed by atoms with Crippen LogP contribution < -0.4 is 5.73 Å². The first-order valence-corrected chi connectivity index (χ1v) is 9.82. The van der Waals surface area contributed by atoms with Crippen molar-refractivity contribution >= 4 is 15.7 Å². The SMILES string of the molecule is CC(C)S(=O)(=O)c1ccc(-c2cncc(C#Cc3cccc(N)n3)n2)cc1. The first-order chi connectivity index (χ1) is 12.9. The van der Waals surface area contributed by atoms with Gasteiger partial charge in [0.1, 0.15) is 17.2 Å². The van der Waals surface area contributed by atoms with E-state index in [1.54, 1.807) is 68.7 Å². The maximum atomic E-state index is 12.2. The molecule has 1 aromatic carbocycles. The largest absolute Gasteiger partial charge is 0.384 e. The number of benzene rings is 1. The van der Waals surface area contributed by atoms with Crippen molar-refractivity contribution in [2.24, 2.45) is 0 Å². The maximum Gasteiger partial charge on any atom is 0.180 e. The molecule has 27 heavy (non-hydrogen) atoms. The van der Waals surface area contributed by atoms with E-state index in [1.807, 2.05) is 0 Å². The lowest BCUT2D eigenvalue weighted by atomic mass is 10.1. The molecule has 2 N–H and O–H groups in total. The Labute approximate surface area is 158 Å². The molecule has 0 aliphatic rings. The lowest BCUT2D eigenvalue weighted by molar-refractivity contribution is 0.587. The van der Waals surface area contributed by atoms with Gasteiger partial charge >= 0.3 is 0 Å². The molecule has 0 radical (unpaired) electrons. The third kappa shape index (κ3) is 4.30. The number of nitrogen functional groups attached to an aromatic ring is 1. The van der Waals surface area contributed by atoms with Crippen LogP contribution in [-0.4, -0.2) is 28.6 Å². The summed E-state index contributed by atoms with van der Waals surface area (Å²) < 4.78 is 24.4. The Balaban J connectivity index is 1.88. The maximum absolute atomic E-state index is 12.2. The second kappa shape index (κ2) is 7.56. The van der Waals surface area contributed by atoms with Crippen molar-refractivity contribution in [3.63, 3.8) is 0 Å². The summed E-state index contributed by atoms with van der Waals surface area (Å²) in [5.74, 6) is 6.21. The molecule has 3 aromatic rings. The number of aromatic nitrogens is 3. The zero-order chi connectivity index (χ0) is 19.4. The summed E-state index contributed by atoms with van der Waals surface area (Å²) in [5, 5.41) is -0.470. The zero-order valence-corrected chi connectivity index (χ0v) is 15.7. The predicted octanol–water partition coefficient (Wildman–Crippen LogP) is 2.70. The van der Waals surface area contributed by atoms with Gasteiger partial charge in [0.05, 0.1) is 28.2 Å². The van der Waals surface area contributed by atoms with Crippen LogP contribution in [0.4, 0.5) is 5.82 Å². The molecule has 2 aromatic heterocycles. The molecule has 0 fully saturated rings. The van der Waals surface area contributed by atoms with Gasteiger partial charge in [-0.05, 0) is 50.0 Å². The molecule has 6 nitrogen and oxygen atoms in total. The van der Waals surface area contributed by atoms with Gasteiger partial charge in [0.15, 0.2) is 9.84 Å². The number of sulfone groups is 1. The lowest BCUT2D eigenvalue weighted by Crippen LogP contribution is -2.13. The average Bonchev–Trinajstić information content (AvgIpc) is 2.67. The zero-order valence-electron chi connectivity index (χ0n) is 14.9. The second-order valence-corrected chi connectivity index (χ2v) is 8.61. The fraction of sp³-hybridized carbons (Fsp3) is 0.150. The minimum Gasteiger partial charge on any atom is -0.384 e. The molecule has 0 bridgehead atoms. The lowest BCUT2D eigenvalue weighted by Gasteiger charge is -2.08. The van der Waals surface area contributed by atoms with Crippen molar-refractivity contribution in [3.05, 3.63) is 66.2 Å². The fourth-order valence-corrected chi connectivity index (χ4v) is 3.36. The van der Waals surface area contributed by atoms with Crippen LogP contribution in [0.15, 0.2) is 59.8 Å². The van der Waals surface area contributed by atoms with E-state index in [0.717, 1.165) is 5.56 Å². The fourth-order valence-electron chi connectivity index (χ4n) is 2.30. The molecule has 0 atom stereocenters. The van der Waals surface area contributed by atoms with Gasteiger partial charge in [-0.2, -0.15) is 0 Å². The minimum absolute atomic E-state index is 0.290. The van der Waals surface area contributed by atoms with Gasteiger partial charge in [0.25, 0.3) is 0 Å². The Kier molecular flexibility index (Phi) is 5.19. The number of hydrogen-bond acceptors (Lipinski definition) is 6. The smallest absolute Gasteiger partial charge is 0.180 e. The highest BCUT2D eigenvalue weighted by molar-refractivity contribution is 7.92. The molecule has 0 amide bonds. The van der Waals surface area contributed by atoms with Gasteiger partial charge in [-0.1, -0.05) is 18.2 Å². The number of nitrogens with two attached hydrogens (primary N) is 1. The van der Waals surface area contributed by atoms with Gasteiger partial charge < -0.3 is 5.73 Å². The van der Waals surface area contributed by atoms with E-state index >= 15 is 0 Å². The summed E-state index contributed by atoms with van der Waals surface area (Å²) in [6.07, 6.45) is 3.16. The van der Waals surface area contributed by atoms with E-state index < -0.39 is 15.1 Å². The summed E-state index contributed by atoms with van der Waals surface area (Å²) in [6, 6.07) is 11.8. The van der Waals surface area contributed by atoms with Crippen LogP contribution in [-0.2, 0) is 9.84 Å². The van der Waals surface area contributed by atoms with E-state index in [2.05, 4.69) is 26.8 Å². The van der Waals surface area contributed by atoms with E-state index in [9.17, 15) is 8.42 Å². The third-order valence-electron chi connectivity index (χ3n) is 3.82. The van der Waals surface area contributed by atoms with E-state index in [4.69, 9.17) is 5.73 Å². The van der Waals surface area contributed by atoms with Crippen molar-refractivity contribution in [2.75, 3.05) is 5.73 Å². The van der Waals surface area contributed by atoms with Crippen LogP contribution in [0.3, 0.4) is 0 Å². The highest BCUT2D eigenvalue weighted by Gasteiger charge is 2.18. The molecule has 3 rings (SSSR count). The average molecular weight is 378 g/mol. The van der Waals surface area contributed by atoms with Gasteiger partial charge in [0.2, 0.25) is 0 Å². The van der Waals surface area contributed by atoms with Crippen molar-refractivity contribution < 1.29 is 8.42 Å². The first-order valence-electron chi connectivity index (χ1n) is 8.27. The summed E-state index contributed by atoms with van der Waals surface area (Å²) in [4.78, 5) is 13.0. The van der Waals surface area contributed by atoms with Gasteiger partial charge in [0, 0.05) is 5.56 Å². The molecule has 0 spiro atoms. The summed E-state index contributed by atoms with van der Waals surface area (Å²) in [7, 11) is -3.30. The van der Waals surface area contributed by atoms with E-state index in [-0.39, 0.29) is 4.90 Å². The molecular weight excluding hydrogens is 360 g/mol. The topological polar surface area (TPSA) is 98.8 Å². The molecule has 0 unspecified atom stereocenters. The quantitative estimate of drug-likeness (QED) is 0.704. The molecule has 0 saturated carbocycles. The summed E-state index contributed by atoms with van der Waals surface area (Å²) >= 11 is 0. The van der Waals surface area contributed by atoms with Gasteiger partial charge in [-0.25, -0.2) is 18.4 Å². The Morgan fingerprint density at radius 3 is 2.30 bits per heavy atom. The third-order valence-corrected chi connectivity index (χ3v) is 5.99. The number of nitrogens with zero attached hydrogens (tertiary/aromatic N) is 3. The molecule has 0 aliphatic carbocycles. The Bertz CT molecular complexity index is 1130. The highest BCUT2D eigenvalue weighted by Crippen LogP contribution is 2.21. The van der Waals surface area contributed by atoms with Crippen LogP contribution in [0.1, 0.15) is 25.2 Å². The Morgan fingerprint density at radius 1 is 0.926 bits per heavy atom. The van der Waals surface area contributed by atoms with Gasteiger partial charge in [-0.15, -0.1) is 0 Å². The first kappa shape index (κ1) is 18.5. The van der Waals surface area contributed by atoms with Crippen LogP contribution in [0.5, 0.6) is 0 Å². The highest BCUT2D eigenvalue weighted by atomic mass is 32.2. The molecule has 0 aliphatic heterocycles. The molecule has 7 heteroatoms. The van der Waals surface area contributed by atoms with Crippen LogP contribution in [0.25, 0.3) is 11.3 Å². The minimum atomic E-state index is -3.30. The Morgan fingerprint density at radius 2 is 1.63 bits per heavy atom. The Hall–Kier alpha value is -3.24. The van der Waals surface area contributed by atoms with Crippen LogP contribution in [0.2, 0.25) is 0 Å². The number of hydrogen-bond donors (Lipinski definition) is 1. The molecule has 0 saturated heterocycles. The molecule has 136 valence electrons. The second-order valence-electron chi connectivity index (χ2n) is 6.11. The summed E-state index contributed by atoms with van der Waals surface area (Å²) in [5.41, 5.74) is 8.04. The van der Waals surface area contributed by atoms with Crippen LogP contribution >= 0.6 is 0 Å². The van der Waals surface area contributed by atoms with Crippen molar-refractivity contribution in [1.29, 1.82) is 0 Å².